The molecule has 10 heteroatoms. The lowest BCUT2D eigenvalue weighted by molar-refractivity contribution is -0.137. The highest BCUT2D eigenvalue weighted by atomic mass is 79.9. The highest BCUT2D eigenvalue weighted by molar-refractivity contribution is 9.10. The number of hydrogen-bond donors (Lipinski definition) is 4. The summed E-state index contributed by atoms with van der Waals surface area (Å²) in [6.07, 6.45) is 0.335. The molecule has 0 aromatic heterocycles. The van der Waals surface area contributed by atoms with Crippen molar-refractivity contribution in [2.45, 2.75) is 17.7 Å². The molecule has 1 fully saturated rings. The molecule has 1 aliphatic rings. The summed E-state index contributed by atoms with van der Waals surface area (Å²) < 4.78 is 12.3. The number of urea groups is 1. The number of nitrogens with two attached hydrogens (primary N) is 2. The van der Waals surface area contributed by atoms with Gasteiger partial charge in [0.15, 0.2) is 5.28 Å². The van der Waals surface area contributed by atoms with Crippen LogP contribution in [0.5, 0.6) is 0 Å². The van der Waals surface area contributed by atoms with Crippen LogP contribution in [0.4, 0.5) is 10.5 Å². The number of anilines is 1. The summed E-state index contributed by atoms with van der Waals surface area (Å²) in [4.78, 5) is 24.0. The molecule has 0 saturated carbocycles. The van der Waals surface area contributed by atoms with Crippen LogP contribution in [0.2, 0.25) is 0 Å². The van der Waals surface area contributed by atoms with E-state index in [4.69, 9.17) is 11.6 Å². The van der Waals surface area contributed by atoms with Gasteiger partial charge in [-0.2, -0.15) is 0 Å². The number of carbonyl (C=O) groups is 2. The van der Waals surface area contributed by atoms with Crippen LogP contribution in [0.15, 0.2) is 28.7 Å². The Kier molecular flexibility index (Phi) is 5.23. The molecule has 0 radical (unpaired) electrons. The molecule has 22 heavy (non-hydrogen) atoms. The Hall–Kier alpha value is -1.41. The van der Waals surface area contributed by atoms with Gasteiger partial charge in [-0.1, -0.05) is 15.9 Å². The van der Waals surface area contributed by atoms with Crippen molar-refractivity contribution in [3.05, 3.63) is 28.7 Å². The average molecular weight is 390 g/mol. The van der Waals surface area contributed by atoms with E-state index in [1.54, 1.807) is 24.3 Å². The van der Waals surface area contributed by atoms with Crippen LogP contribution >= 0.6 is 24.4 Å². The van der Waals surface area contributed by atoms with Gasteiger partial charge in [0.05, 0.1) is 14.5 Å². The number of hydrazine groups is 1. The van der Waals surface area contributed by atoms with Crippen molar-refractivity contribution in [3.63, 3.8) is 0 Å². The SMILES string of the molecule is NN1CCC(NC(=O)Nc2ccc(Br)cc2)[C@](N)([PH2]=O)C1=O. The summed E-state index contributed by atoms with van der Waals surface area (Å²) >= 11 is 3.30. The van der Waals surface area contributed by atoms with E-state index in [0.717, 1.165) is 9.48 Å². The third kappa shape index (κ3) is 3.49. The normalized spacial score (nSPS) is 25.5. The molecule has 2 unspecified atom stereocenters. The molecule has 1 aromatic carbocycles. The Balaban J connectivity index is 2.05. The second-order valence-corrected chi connectivity index (χ2v) is 7.10. The summed E-state index contributed by atoms with van der Waals surface area (Å²) in [5.41, 5.74) is 6.49. The number of nitrogens with zero attached hydrogens (tertiary/aromatic N) is 1. The number of benzene rings is 1. The monoisotopic (exact) mass is 389 g/mol. The van der Waals surface area contributed by atoms with Crippen molar-refractivity contribution >= 4 is 42.0 Å². The molecule has 2 rings (SSSR count). The average Bonchev–Trinajstić information content (AvgIpc) is 2.50. The number of amides is 3. The van der Waals surface area contributed by atoms with Gasteiger partial charge >= 0.3 is 6.03 Å². The first-order chi connectivity index (χ1) is 10.4. The predicted octanol–water partition coefficient (Wildman–Crippen LogP) is 0.456. The van der Waals surface area contributed by atoms with Crippen LogP contribution < -0.4 is 22.2 Å². The molecule has 8 nitrogen and oxygen atoms in total. The van der Waals surface area contributed by atoms with Crippen LogP contribution in [0, 0.1) is 0 Å². The number of hydrogen-bond acceptors (Lipinski definition) is 5. The van der Waals surface area contributed by atoms with E-state index in [1.165, 1.54) is 0 Å². The van der Waals surface area contributed by atoms with Gasteiger partial charge in [-0.05, 0) is 30.7 Å². The fourth-order valence-electron chi connectivity index (χ4n) is 2.19. The van der Waals surface area contributed by atoms with Gasteiger partial charge in [0.1, 0.15) is 0 Å². The van der Waals surface area contributed by atoms with E-state index in [9.17, 15) is 14.2 Å². The topological polar surface area (TPSA) is 131 Å². The number of carbonyl (C=O) groups excluding carboxylic acids is 2. The van der Waals surface area contributed by atoms with Crippen molar-refractivity contribution in [2.75, 3.05) is 11.9 Å². The van der Waals surface area contributed by atoms with E-state index in [1.807, 2.05) is 0 Å². The maximum atomic E-state index is 12.0. The summed E-state index contributed by atoms with van der Waals surface area (Å²) in [5, 5.41) is 4.53. The molecular formula is C12H17BrN5O3P. The van der Waals surface area contributed by atoms with Gasteiger partial charge in [0.2, 0.25) is 0 Å². The zero-order chi connectivity index (χ0) is 16.3. The van der Waals surface area contributed by atoms with Crippen molar-refractivity contribution in [1.29, 1.82) is 0 Å². The van der Waals surface area contributed by atoms with Gasteiger partial charge in [0, 0.05) is 16.7 Å². The lowest BCUT2D eigenvalue weighted by atomic mass is 9.99. The number of rotatable bonds is 3. The summed E-state index contributed by atoms with van der Waals surface area (Å²) in [6.45, 7) is 0.237. The minimum absolute atomic E-state index is 0.237. The Morgan fingerprint density at radius 3 is 2.64 bits per heavy atom. The van der Waals surface area contributed by atoms with Crippen LogP contribution in [0.3, 0.4) is 0 Å². The standard InChI is InChI=1S/C12H17BrN5O3P/c13-7-1-3-8(4-2-7)16-11(20)17-9-5-6-18(15)10(19)12(9,14)22-21/h1-4,9H,5-6,14-15,22H2,(H2,16,17,20)/t9?,12-/m0/s1. The third-order valence-corrected chi connectivity index (χ3v) is 5.04. The molecule has 1 saturated heterocycles. The van der Waals surface area contributed by atoms with Gasteiger partial charge in [-0.25, -0.2) is 10.6 Å². The molecule has 120 valence electrons. The van der Waals surface area contributed by atoms with Crippen LogP contribution in [-0.4, -0.2) is 34.8 Å². The first-order valence-electron chi connectivity index (χ1n) is 6.52. The molecule has 1 aliphatic heterocycles. The van der Waals surface area contributed by atoms with Crippen molar-refractivity contribution in [2.24, 2.45) is 11.6 Å². The van der Waals surface area contributed by atoms with E-state index < -0.39 is 31.7 Å². The highest BCUT2D eigenvalue weighted by Crippen LogP contribution is 2.29. The number of nitrogens with one attached hydrogen (secondary N) is 2. The number of halogens is 1. The molecule has 1 aromatic rings. The van der Waals surface area contributed by atoms with E-state index in [-0.39, 0.29) is 6.54 Å². The first kappa shape index (κ1) is 17.0. The molecule has 0 aliphatic carbocycles. The predicted molar refractivity (Wildman–Crippen MR) is 87.9 cm³/mol. The van der Waals surface area contributed by atoms with Gasteiger partial charge in [-0.3, -0.25) is 9.80 Å². The molecule has 1 heterocycles. The van der Waals surface area contributed by atoms with Gasteiger partial charge < -0.3 is 20.9 Å². The Morgan fingerprint density at radius 1 is 1.41 bits per heavy atom. The highest BCUT2D eigenvalue weighted by Gasteiger charge is 2.47. The molecule has 6 N–H and O–H groups in total. The van der Waals surface area contributed by atoms with Crippen molar-refractivity contribution in [3.8, 4) is 0 Å². The lowest BCUT2D eigenvalue weighted by Gasteiger charge is -2.40. The lowest BCUT2D eigenvalue weighted by Crippen LogP contribution is -2.69. The van der Waals surface area contributed by atoms with Crippen LogP contribution in [0.1, 0.15) is 6.42 Å². The van der Waals surface area contributed by atoms with Crippen LogP contribution in [-0.2, 0) is 9.36 Å². The molecule has 0 bridgehead atoms. The van der Waals surface area contributed by atoms with E-state index in [2.05, 4.69) is 26.6 Å². The zero-order valence-electron chi connectivity index (χ0n) is 11.6. The maximum Gasteiger partial charge on any atom is 0.319 e. The smallest absolute Gasteiger partial charge is 0.319 e. The minimum Gasteiger partial charge on any atom is -0.332 e. The molecule has 0 spiro atoms. The third-order valence-electron chi connectivity index (χ3n) is 3.47. The summed E-state index contributed by atoms with van der Waals surface area (Å²) in [7, 11) is -1.64. The Morgan fingerprint density at radius 2 is 2.05 bits per heavy atom. The molecule has 3 amide bonds. The Labute approximate surface area is 136 Å². The minimum atomic E-state index is -1.65. The van der Waals surface area contributed by atoms with Crippen molar-refractivity contribution < 1.29 is 14.2 Å². The van der Waals surface area contributed by atoms with E-state index >= 15 is 0 Å². The first-order valence-corrected chi connectivity index (χ1v) is 8.36. The largest absolute Gasteiger partial charge is 0.332 e. The number of piperidine rings is 1. The molecule has 3 atom stereocenters. The Bertz CT molecular complexity index is 599. The van der Waals surface area contributed by atoms with Crippen LogP contribution in [0.25, 0.3) is 0 Å². The zero-order valence-corrected chi connectivity index (χ0v) is 14.3. The summed E-state index contributed by atoms with van der Waals surface area (Å²) in [5.74, 6) is 4.88. The second kappa shape index (κ2) is 6.78. The summed E-state index contributed by atoms with van der Waals surface area (Å²) in [6, 6.07) is 5.73. The second-order valence-electron chi connectivity index (χ2n) is 5.00. The fourth-order valence-corrected chi connectivity index (χ4v) is 3.13. The van der Waals surface area contributed by atoms with E-state index in [0.29, 0.717) is 12.1 Å². The maximum absolute atomic E-state index is 12.0. The van der Waals surface area contributed by atoms with Gasteiger partial charge in [0.25, 0.3) is 5.91 Å². The quantitative estimate of drug-likeness (QED) is 0.338. The molecular weight excluding hydrogens is 373 g/mol. The van der Waals surface area contributed by atoms with Gasteiger partial charge in [-0.15, -0.1) is 0 Å². The van der Waals surface area contributed by atoms with Crippen molar-refractivity contribution in [1.82, 2.24) is 10.3 Å². The fraction of sp³-hybridized carbons (Fsp3) is 0.333.